The van der Waals surface area contributed by atoms with Crippen LogP contribution in [-0.2, 0) is 32.4 Å². The van der Waals surface area contributed by atoms with Gasteiger partial charge in [-0.15, -0.1) is 11.3 Å². The van der Waals surface area contributed by atoms with Gasteiger partial charge in [-0.3, -0.25) is 9.10 Å². The number of esters is 1. The second-order valence-corrected chi connectivity index (χ2v) is 11.0. The average molecular weight is 519 g/mol. The molecular formula is C24H23ClN2O5S2. The number of benzene rings is 2. The lowest BCUT2D eigenvalue weighted by molar-refractivity contribution is -0.114. The Labute approximate surface area is 207 Å². The van der Waals surface area contributed by atoms with Crippen molar-refractivity contribution >= 4 is 55.5 Å². The van der Waals surface area contributed by atoms with Crippen LogP contribution in [0.3, 0.4) is 0 Å². The fraction of sp³-hybridized carbons (Fsp3) is 0.250. The monoisotopic (exact) mass is 518 g/mol. The molecule has 0 radical (unpaired) electrons. The molecule has 2 aromatic carbocycles. The molecule has 4 rings (SSSR count). The van der Waals surface area contributed by atoms with E-state index in [9.17, 15) is 18.0 Å². The van der Waals surface area contributed by atoms with E-state index in [-0.39, 0.29) is 11.5 Å². The van der Waals surface area contributed by atoms with Crippen molar-refractivity contribution < 1.29 is 22.7 Å². The number of ether oxygens (including phenoxy) is 1. The summed E-state index contributed by atoms with van der Waals surface area (Å²) in [7, 11) is -4.06. The quantitative estimate of drug-likeness (QED) is 0.428. The number of rotatable bonds is 8. The zero-order valence-corrected chi connectivity index (χ0v) is 20.8. The number of fused-ring (bicyclic) bond motifs is 1. The maximum absolute atomic E-state index is 13.4. The van der Waals surface area contributed by atoms with Crippen molar-refractivity contribution in [2.75, 3.05) is 22.8 Å². The lowest BCUT2D eigenvalue weighted by atomic mass is 10.1. The van der Waals surface area contributed by atoms with Gasteiger partial charge in [0.15, 0.2) is 0 Å². The summed E-state index contributed by atoms with van der Waals surface area (Å²) in [5.41, 5.74) is 1.62. The third-order valence-corrected chi connectivity index (χ3v) is 8.63. The van der Waals surface area contributed by atoms with Gasteiger partial charge >= 0.3 is 5.97 Å². The lowest BCUT2D eigenvalue weighted by Gasteiger charge is -2.24. The molecule has 0 fully saturated rings. The van der Waals surface area contributed by atoms with Crippen LogP contribution in [-0.4, -0.2) is 33.4 Å². The van der Waals surface area contributed by atoms with Gasteiger partial charge in [0.2, 0.25) is 5.91 Å². The highest BCUT2D eigenvalue weighted by molar-refractivity contribution is 7.92. The molecule has 0 saturated heterocycles. The van der Waals surface area contributed by atoms with Crippen molar-refractivity contribution in [3.63, 3.8) is 0 Å². The highest BCUT2D eigenvalue weighted by atomic mass is 35.5. The van der Waals surface area contributed by atoms with Crippen molar-refractivity contribution in [3.05, 3.63) is 75.6 Å². The summed E-state index contributed by atoms with van der Waals surface area (Å²) in [5.74, 6) is -1.04. The summed E-state index contributed by atoms with van der Waals surface area (Å²) >= 11 is 7.26. The molecule has 178 valence electrons. The van der Waals surface area contributed by atoms with Crippen LogP contribution in [0.4, 0.5) is 10.7 Å². The summed E-state index contributed by atoms with van der Waals surface area (Å²) in [6, 6.07) is 14.1. The van der Waals surface area contributed by atoms with E-state index in [1.54, 1.807) is 37.3 Å². The Morgan fingerprint density at radius 1 is 1.09 bits per heavy atom. The van der Waals surface area contributed by atoms with Gasteiger partial charge in [0.25, 0.3) is 10.0 Å². The summed E-state index contributed by atoms with van der Waals surface area (Å²) in [6.07, 6.45) is 2.53. The molecule has 0 aliphatic heterocycles. The van der Waals surface area contributed by atoms with Crippen molar-refractivity contribution in [1.82, 2.24) is 0 Å². The van der Waals surface area contributed by atoms with Crippen LogP contribution in [0.2, 0.25) is 5.02 Å². The normalized spacial score (nSPS) is 12.8. The SMILES string of the molecule is CCOC(=O)c1c(NC(=O)CN(c2ccccc2)S(=O)(=O)c2ccc(Cl)cc2)sc2c1CCC2. The number of nitrogens with zero attached hydrogens (tertiary/aromatic N) is 1. The third kappa shape index (κ3) is 4.96. The van der Waals surface area contributed by atoms with Gasteiger partial charge < -0.3 is 10.1 Å². The van der Waals surface area contributed by atoms with Gasteiger partial charge in [-0.25, -0.2) is 13.2 Å². The molecule has 0 bridgehead atoms. The van der Waals surface area contributed by atoms with E-state index in [4.69, 9.17) is 16.3 Å². The largest absolute Gasteiger partial charge is 0.462 e. The van der Waals surface area contributed by atoms with Crippen LogP contribution in [0.5, 0.6) is 0 Å². The lowest BCUT2D eigenvalue weighted by Crippen LogP contribution is -2.38. The molecule has 7 nitrogen and oxygen atoms in total. The van der Waals surface area contributed by atoms with Crippen molar-refractivity contribution in [3.8, 4) is 0 Å². The van der Waals surface area contributed by atoms with E-state index in [1.165, 1.54) is 35.6 Å². The van der Waals surface area contributed by atoms with Crippen LogP contribution >= 0.6 is 22.9 Å². The summed E-state index contributed by atoms with van der Waals surface area (Å²) < 4.78 is 33.1. The molecule has 34 heavy (non-hydrogen) atoms. The number of nitrogens with one attached hydrogen (secondary N) is 1. The standard InChI is InChI=1S/C24H23ClN2O5S2/c1-2-32-24(29)22-19-9-6-10-20(19)33-23(22)26-21(28)15-27(17-7-4-3-5-8-17)34(30,31)18-13-11-16(25)12-14-18/h3-5,7-8,11-14H,2,6,9-10,15H2,1H3,(H,26,28). The first-order valence-corrected chi connectivity index (χ1v) is 13.4. The molecule has 1 heterocycles. The Morgan fingerprint density at radius 2 is 1.79 bits per heavy atom. The van der Waals surface area contributed by atoms with Gasteiger partial charge in [-0.05, 0) is 68.1 Å². The van der Waals surface area contributed by atoms with Gasteiger partial charge in [-0.1, -0.05) is 29.8 Å². The Morgan fingerprint density at radius 3 is 2.47 bits per heavy atom. The second-order valence-electron chi connectivity index (χ2n) is 7.63. The van der Waals surface area contributed by atoms with Crippen LogP contribution in [0.1, 0.15) is 34.1 Å². The van der Waals surface area contributed by atoms with Gasteiger partial charge in [0.05, 0.1) is 22.8 Å². The molecule has 1 amide bonds. The molecule has 1 aromatic heterocycles. The molecular weight excluding hydrogens is 496 g/mol. The highest BCUT2D eigenvalue weighted by Crippen LogP contribution is 2.39. The number of para-hydroxylation sites is 1. The number of amides is 1. The third-order valence-electron chi connectivity index (χ3n) is 5.39. The van der Waals surface area contributed by atoms with Crippen LogP contribution < -0.4 is 9.62 Å². The minimum Gasteiger partial charge on any atom is -0.462 e. The molecule has 10 heteroatoms. The van der Waals surface area contributed by atoms with E-state index in [0.717, 1.165) is 34.0 Å². The van der Waals surface area contributed by atoms with Crippen molar-refractivity contribution in [2.24, 2.45) is 0 Å². The van der Waals surface area contributed by atoms with Gasteiger partial charge in [-0.2, -0.15) is 0 Å². The maximum Gasteiger partial charge on any atom is 0.341 e. The smallest absolute Gasteiger partial charge is 0.341 e. The zero-order chi connectivity index (χ0) is 24.3. The highest BCUT2D eigenvalue weighted by Gasteiger charge is 2.31. The molecule has 0 atom stereocenters. The predicted octanol–water partition coefficient (Wildman–Crippen LogP) is 4.90. The molecule has 0 saturated carbocycles. The zero-order valence-electron chi connectivity index (χ0n) is 18.4. The minimum absolute atomic E-state index is 0.0101. The molecule has 1 N–H and O–H groups in total. The number of carbonyl (C=O) groups is 2. The number of thiophene rings is 1. The number of sulfonamides is 1. The first-order chi connectivity index (χ1) is 16.3. The maximum atomic E-state index is 13.4. The van der Waals surface area contributed by atoms with Crippen LogP contribution in [0.25, 0.3) is 0 Å². The Bertz CT molecular complexity index is 1310. The fourth-order valence-corrected chi connectivity index (χ4v) is 6.69. The molecule has 1 aliphatic carbocycles. The van der Waals surface area contributed by atoms with Gasteiger partial charge in [0.1, 0.15) is 11.5 Å². The number of aryl methyl sites for hydroxylation is 1. The number of hydrogen-bond acceptors (Lipinski definition) is 6. The van der Waals surface area contributed by atoms with E-state index >= 15 is 0 Å². The average Bonchev–Trinajstić information content (AvgIpc) is 3.39. The van der Waals surface area contributed by atoms with Gasteiger partial charge in [0, 0.05) is 9.90 Å². The first kappa shape index (κ1) is 24.3. The van der Waals surface area contributed by atoms with Crippen molar-refractivity contribution in [1.29, 1.82) is 0 Å². The summed E-state index contributed by atoms with van der Waals surface area (Å²) in [6.45, 7) is 1.47. The Balaban J connectivity index is 1.64. The Hall–Kier alpha value is -2.88. The molecule has 3 aromatic rings. The van der Waals surface area contributed by atoms with E-state index in [1.807, 2.05) is 0 Å². The molecule has 0 unspecified atom stereocenters. The van der Waals surface area contributed by atoms with Crippen LogP contribution in [0, 0.1) is 0 Å². The molecule has 0 spiro atoms. The first-order valence-electron chi connectivity index (χ1n) is 10.8. The minimum atomic E-state index is -4.06. The van der Waals surface area contributed by atoms with E-state index in [2.05, 4.69) is 5.32 Å². The van der Waals surface area contributed by atoms with Crippen molar-refractivity contribution in [2.45, 2.75) is 31.1 Å². The number of anilines is 2. The molecule has 1 aliphatic rings. The second kappa shape index (κ2) is 10.2. The van der Waals surface area contributed by atoms with E-state index < -0.39 is 28.4 Å². The van der Waals surface area contributed by atoms with Crippen LogP contribution in [0.15, 0.2) is 59.5 Å². The number of carbonyl (C=O) groups excluding carboxylic acids is 2. The predicted molar refractivity (Wildman–Crippen MR) is 133 cm³/mol. The topological polar surface area (TPSA) is 92.8 Å². The number of halogens is 1. The van der Waals surface area contributed by atoms with E-state index in [0.29, 0.717) is 21.3 Å². The Kier molecular flexibility index (Phi) is 7.25. The number of hydrogen-bond donors (Lipinski definition) is 1. The summed E-state index contributed by atoms with van der Waals surface area (Å²) in [5, 5.41) is 3.56. The summed E-state index contributed by atoms with van der Waals surface area (Å²) in [4.78, 5) is 26.8. The fourth-order valence-electron chi connectivity index (χ4n) is 3.85.